The highest BCUT2D eigenvalue weighted by Gasteiger charge is 2.18. The summed E-state index contributed by atoms with van der Waals surface area (Å²) in [6, 6.07) is 12.1. The van der Waals surface area contributed by atoms with Crippen molar-refractivity contribution in [3.05, 3.63) is 65.0 Å². The molecule has 106 valence electrons. The Morgan fingerprint density at radius 1 is 1.00 bits per heavy atom. The number of benzene rings is 2. The fraction of sp³-hybridized carbons (Fsp3) is 0.294. The predicted octanol–water partition coefficient (Wildman–Crippen LogP) is 3.91. The van der Waals surface area contributed by atoms with Crippen molar-refractivity contribution in [2.24, 2.45) is 5.73 Å². The van der Waals surface area contributed by atoms with Gasteiger partial charge in [0.25, 0.3) is 0 Å². The van der Waals surface area contributed by atoms with Gasteiger partial charge in [-0.3, -0.25) is 0 Å². The summed E-state index contributed by atoms with van der Waals surface area (Å²) in [7, 11) is 0. The molecule has 2 nitrogen and oxygen atoms in total. The molecule has 0 amide bonds. The molecule has 0 saturated heterocycles. The van der Waals surface area contributed by atoms with E-state index in [1.807, 2.05) is 32.9 Å². The van der Waals surface area contributed by atoms with Crippen molar-refractivity contribution < 1.29 is 9.13 Å². The second kappa shape index (κ2) is 6.06. The number of ether oxygens (including phenoxy) is 1. The molecule has 0 saturated carbocycles. The van der Waals surface area contributed by atoms with Gasteiger partial charge in [-0.05, 0) is 61.7 Å². The van der Waals surface area contributed by atoms with Crippen LogP contribution in [-0.2, 0) is 0 Å². The van der Waals surface area contributed by atoms with Crippen LogP contribution in [0.25, 0.3) is 0 Å². The molecule has 2 atom stereocenters. The van der Waals surface area contributed by atoms with Crippen molar-refractivity contribution in [2.45, 2.75) is 32.9 Å². The zero-order chi connectivity index (χ0) is 14.7. The highest BCUT2D eigenvalue weighted by Crippen LogP contribution is 2.26. The van der Waals surface area contributed by atoms with Crippen LogP contribution in [0.1, 0.15) is 29.7 Å². The van der Waals surface area contributed by atoms with Crippen molar-refractivity contribution in [2.75, 3.05) is 0 Å². The van der Waals surface area contributed by atoms with Crippen LogP contribution >= 0.6 is 0 Å². The van der Waals surface area contributed by atoms with Gasteiger partial charge in [0.2, 0.25) is 0 Å². The monoisotopic (exact) mass is 273 g/mol. The van der Waals surface area contributed by atoms with Crippen molar-refractivity contribution in [3.8, 4) is 5.75 Å². The van der Waals surface area contributed by atoms with Crippen molar-refractivity contribution in [1.82, 2.24) is 0 Å². The summed E-state index contributed by atoms with van der Waals surface area (Å²) in [5.74, 6) is 0.526. The number of nitrogens with two attached hydrogens (primary N) is 1. The van der Waals surface area contributed by atoms with E-state index < -0.39 is 0 Å². The van der Waals surface area contributed by atoms with Crippen molar-refractivity contribution in [3.63, 3.8) is 0 Å². The molecule has 0 fully saturated rings. The van der Waals surface area contributed by atoms with Crippen LogP contribution in [0, 0.1) is 19.7 Å². The van der Waals surface area contributed by atoms with Gasteiger partial charge in [0.15, 0.2) is 0 Å². The second-order valence-electron chi connectivity index (χ2n) is 5.27. The number of hydrogen-bond donors (Lipinski definition) is 1. The van der Waals surface area contributed by atoms with E-state index in [0.717, 1.165) is 22.4 Å². The van der Waals surface area contributed by atoms with E-state index >= 15 is 0 Å². The van der Waals surface area contributed by atoms with Gasteiger partial charge in [-0.2, -0.15) is 0 Å². The molecular formula is C17H20FNO. The van der Waals surface area contributed by atoms with Gasteiger partial charge in [-0.15, -0.1) is 0 Å². The molecule has 0 aliphatic heterocycles. The minimum Gasteiger partial charge on any atom is -0.484 e. The Hall–Kier alpha value is -1.87. The van der Waals surface area contributed by atoms with Crippen LogP contribution in [0.3, 0.4) is 0 Å². The third-order valence-corrected chi connectivity index (χ3v) is 3.13. The molecule has 20 heavy (non-hydrogen) atoms. The minimum atomic E-state index is -0.295. The fourth-order valence-corrected chi connectivity index (χ4v) is 2.28. The molecule has 0 aliphatic carbocycles. The van der Waals surface area contributed by atoms with Crippen molar-refractivity contribution in [1.29, 1.82) is 0 Å². The average molecular weight is 273 g/mol. The van der Waals surface area contributed by atoms with E-state index in [1.165, 1.54) is 12.1 Å². The molecule has 2 rings (SSSR count). The Bertz CT molecular complexity index is 558. The van der Waals surface area contributed by atoms with Gasteiger partial charge in [-0.1, -0.05) is 18.2 Å². The zero-order valence-corrected chi connectivity index (χ0v) is 12.1. The Balaban J connectivity index is 2.27. The van der Waals surface area contributed by atoms with Gasteiger partial charge in [-0.25, -0.2) is 4.39 Å². The maximum atomic E-state index is 13.0. The Morgan fingerprint density at radius 3 is 2.05 bits per heavy atom. The lowest BCUT2D eigenvalue weighted by atomic mass is 10.0. The number of halogens is 1. The second-order valence-corrected chi connectivity index (χ2v) is 5.27. The predicted molar refractivity (Wildman–Crippen MR) is 79.3 cm³/mol. The molecule has 0 spiro atoms. The topological polar surface area (TPSA) is 35.2 Å². The molecule has 0 aromatic heterocycles. The van der Waals surface area contributed by atoms with Crippen LogP contribution in [-0.4, -0.2) is 6.04 Å². The Morgan fingerprint density at radius 2 is 1.55 bits per heavy atom. The first kappa shape index (κ1) is 14.5. The first-order valence-electron chi connectivity index (χ1n) is 6.71. The normalized spacial score (nSPS) is 13.8. The van der Waals surface area contributed by atoms with Crippen LogP contribution in [0.4, 0.5) is 4.39 Å². The Labute approximate surface area is 119 Å². The van der Waals surface area contributed by atoms with Crippen LogP contribution in [0.5, 0.6) is 5.75 Å². The molecule has 2 N–H and O–H groups in total. The highest BCUT2D eigenvalue weighted by molar-refractivity contribution is 5.34. The molecule has 0 bridgehead atoms. The fourth-order valence-electron chi connectivity index (χ4n) is 2.28. The average Bonchev–Trinajstić information content (AvgIpc) is 2.36. The lowest BCUT2D eigenvalue weighted by Crippen LogP contribution is -2.29. The van der Waals surface area contributed by atoms with E-state index in [2.05, 4.69) is 6.07 Å². The molecule has 2 aromatic rings. The number of hydrogen-bond acceptors (Lipinski definition) is 2. The third kappa shape index (κ3) is 3.58. The molecule has 2 aromatic carbocycles. The summed E-state index contributed by atoms with van der Waals surface area (Å²) >= 11 is 0. The van der Waals surface area contributed by atoms with Gasteiger partial charge >= 0.3 is 0 Å². The highest BCUT2D eigenvalue weighted by atomic mass is 19.1. The van der Waals surface area contributed by atoms with Crippen LogP contribution in [0.15, 0.2) is 42.5 Å². The van der Waals surface area contributed by atoms with E-state index in [9.17, 15) is 4.39 Å². The lowest BCUT2D eigenvalue weighted by Gasteiger charge is -2.23. The zero-order valence-electron chi connectivity index (χ0n) is 12.1. The van der Waals surface area contributed by atoms with E-state index in [0.29, 0.717) is 0 Å². The number of aryl methyl sites for hydroxylation is 2. The first-order chi connectivity index (χ1) is 9.45. The molecular weight excluding hydrogens is 253 g/mol. The van der Waals surface area contributed by atoms with Gasteiger partial charge in [0, 0.05) is 6.04 Å². The smallest absolute Gasteiger partial charge is 0.138 e. The summed E-state index contributed by atoms with van der Waals surface area (Å²) in [6.07, 6.45) is -0.295. The molecule has 2 unspecified atom stereocenters. The molecule has 0 aliphatic rings. The van der Waals surface area contributed by atoms with E-state index in [1.54, 1.807) is 12.1 Å². The maximum absolute atomic E-state index is 13.0. The standard InChI is InChI=1S/C17H20FNO/c1-11-8-12(2)10-16(9-11)20-17(13(3)19)14-4-6-15(18)7-5-14/h4-10,13,17H,19H2,1-3H3. The van der Waals surface area contributed by atoms with E-state index in [-0.39, 0.29) is 18.0 Å². The largest absolute Gasteiger partial charge is 0.484 e. The lowest BCUT2D eigenvalue weighted by molar-refractivity contribution is 0.180. The Kier molecular flexibility index (Phi) is 4.40. The maximum Gasteiger partial charge on any atom is 0.138 e. The van der Waals surface area contributed by atoms with Gasteiger partial charge < -0.3 is 10.5 Å². The summed E-state index contributed by atoms with van der Waals surface area (Å²) < 4.78 is 19.0. The van der Waals surface area contributed by atoms with Gasteiger partial charge in [0.1, 0.15) is 17.7 Å². The molecule has 0 heterocycles. The molecule has 0 radical (unpaired) electrons. The quantitative estimate of drug-likeness (QED) is 0.916. The number of rotatable bonds is 4. The SMILES string of the molecule is Cc1cc(C)cc(OC(c2ccc(F)cc2)C(C)N)c1. The van der Waals surface area contributed by atoms with E-state index in [4.69, 9.17) is 10.5 Å². The summed E-state index contributed by atoms with van der Waals surface area (Å²) in [4.78, 5) is 0. The van der Waals surface area contributed by atoms with Crippen LogP contribution < -0.4 is 10.5 Å². The van der Waals surface area contributed by atoms with Crippen LogP contribution in [0.2, 0.25) is 0 Å². The summed E-state index contributed by atoms with van der Waals surface area (Å²) in [6.45, 7) is 5.94. The summed E-state index contributed by atoms with van der Waals surface area (Å²) in [5.41, 5.74) is 9.17. The third-order valence-electron chi connectivity index (χ3n) is 3.13. The first-order valence-corrected chi connectivity index (χ1v) is 6.71. The molecule has 3 heteroatoms. The minimum absolute atomic E-state index is 0.193. The van der Waals surface area contributed by atoms with Crippen molar-refractivity contribution >= 4 is 0 Å². The summed E-state index contributed by atoms with van der Waals surface area (Å²) in [5, 5.41) is 0. The van der Waals surface area contributed by atoms with Gasteiger partial charge in [0.05, 0.1) is 0 Å².